The van der Waals surface area contributed by atoms with Crippen molar-refractivity contribution in [2.24, 2.45) is 0 Å². The van der Waals surface area contributed by atoms with Gasteiger partial charge >= 0.3 is 5.97 Å². The Morgan fingerprint density at radius 2 is 2.43 bits per heavy atom. The largest absolute Gasteiger partial charge is 0.462 e. The first-order valence-electron chi connectivity index (χ1n) is 3.92. The second kappa shape index (κ2) is 4.90. The molecule has 0 aliphatic heterocycles. The van der Waals surface area contributed by atoms with Crippen LogP contribution in [0.4, 0.5) is 4.39 Å². The maximum atomic E-state index is 13.1. The number of rotatable bonds is 3. The molecule has 0 N–H and O–H groups in total. The number of thioether (sulfide) groups is 1. The van der Waals surface area contributed by atoms with E-state index in [1.54, 1.807) is 13.2 Å². The fourth-order valence-electron chi connectivity index (χ4n) is 0.790. The van der Waals surface area contributed by atoms with Gasteiger partial charge in [0.05, 0.1) is 6.61 Å². The van der Waals surface area contributed by atoms with Gasteiger partial charge in [0.15, 0.2) is 5.16 Å². The summed E-state index contributed by atoms with van der Waals surface area (Å²) in [5, 5.41) is 0.288. The van der Waals surface area contributed by atoms with Crippen molar-refractivity contribution in [1.82, 2.24) is 9.97 Å². The number of aromatic nitrogens is 2. The van der Waals surface area contributed by atoms with Crippen LogP contribution in [0, 0.1) is 5.95 Å². The molecule has 4 nitrogen and oxygen atoms in total. The Kier molecular flexibility index (Phi) is 3.82. The van der Waals surface area contributed by atoms with Gasteiger partial charge < -0.3 is 4.74 Å². The molecule has 0 aliphatic carbocycles. The van der Waals surface area contributed by atoms with E-state index in [0.29, 0.717) is 0 Å². The van der Waals surface area contributed by atoms with Crippen molar-refractivity contribution < 1.29 is 13.9 Å². The smallest absolute Gasteiger partial charge is 0.344 e. The maximum absolute atomic E-state index is 13.1. The lowest BCUT2D eigenvalue weighted by molar-refractivity contribution is 0.0519. The molecule has 76 valence electrons. The zero-order valence-corrected chi connectivity index (χ0v) is 8.60. The molecule has 0 atom stereocenters. The maximum Gasteiger partial charge on any atom is 0.344 e. The van der Waals surface area contributed by atoms with E-state index in [9.17, 15) is 9.18 Å². The summed E-state index contributed by atoms with van der Waals surface area (Å²) >= 11 is 1.20. The van der Waals surface area contributed by atoms with Crippen LogP contribution in [0.3, 0.4) is 0 Å². The van der Waals surface area contributed by atoms with Gasteiger partial charge in [-0.1, -0.05) is 11.8 Å². The van der Waals surface area contributed by atoms with E-state index in [2.05, 4.69) is 14.7 Å². The predicted molar refractivity (Wildman–Crippen MR) is 49.7 cm³/mol. The van der Waals surface area contributed by atoms with Crippen molar-refractivity contribution in [2.75, 3.05) is 12.9 Å². The first-order valence-corrected chi connectivity index (χ1v) is 5.15. The summed E-state index contributed by atoms with van der Waals surface area (Å²) in [6, 6.07) is 0. The Bertz CT molecular complexity index is 346. The standard InChI is InChI=1S/C8H9FN2O2S/c1-3-13-7(12)5-4-10-8(14-2)11-6(5)9/h4H,3H2,1-2H3. The van der Waals surface area contributed by atoms with Crippen LogP contribution in [0.2, 0.25) is 0 Å². The molecule has 1 aromatic heterocycles. The number of halogens is 1. The Morgan fingerprint density at radius 1 is 1.71 bits per heavy atom. The van der Waals surface area contributed by atoms with Crippen molar-refractivity contribution in [3.63, 3.8) is 0 Å². The third-order valence-electron chi connectivity index (χ3n) is 1.40. The molecule has 6 heteroatoms. The zero-order chi connectivity index (χ0) is 10.6. The van der Waals surface area contributed by atoms with Gasteiger partial charge in [0.2, 0.25) is 5.95 Å². The lowest BCUT2D eigenvalue weighted by atomic mass is 10.3. The van der Waals surface area contributed by atoms with E-state index in [0.717, 1.165) is 6.20 Å². The van der Waals surface area contributed by atoms with Gasteiger partial charge in [0, 0.05) is 6.20 Å². The van der Waals surface area contributed by atoms with Crippen molar-refractivity contribution in [3.05, 3.63) is 17.7 Å². The summed E-state index contributed by atoms with van der Waals surface area (Å²) in [5.41, 5.74) is -0.232. The van der Waals surface area contributed by atoms with E-state index in [-0.39, 0.29) is 17.3 Å². The van der Waals surface area contributed by atoms with Gasteiger partial charge in [-0.3, -0.25) is 0 Å². The topological polar surface area (TPSA) is 52.1 Å². The highest BCUT2D eigenvalue weighted by Crippen LogP contribution is 2.11. The van der Waals surface area contributed by atoms with Crippen molar-refractivity contribution in [2.45, 2.75) is 12.1 Å². The first-order chi connectivity index (χ1) is 6.69. The molecule has 0 spiro atoms. The highest BCUT2D eigenvalue weighted by molar-refractivity contribution is 7.98. The molecule has 0 aliphatic rings. The lowest BCUT2D eigenvalue weighted by Gasteiger charge is -2.02. The molecule has 1 heterocycles. The van der Waals surface area contributed by atoms with Crippen LogP contribution in [0.5, 0.6) is 0 Å². The highest BCUT2D eigenvalue weighted by Gasteiger charge is 2.15. The Balaban J connectivity index is 2.94. The minimum atomic E-state index is -0.845. The van der Waals surface area contributed by atoms with Crippen LogP contribution in [0.25, 0.3) is 0 Å². The van der Waals surface area contributed by atoms with E-state index in [1.807, 2.05) is 0 Å². The third kappa shape index (κ3) is 2.41. The number of hydrogen-bond acceptors (Lipinski definition) is 5. The van der Waals surface area contributed by atoms with Crippen molar-refractivity contribution >= 4 is 17.7 Å². The monoisotopic (exact) mass is 216 g/mol. The van der Waals surface area contributed by atoms with E-state index in [1.165, 1.54) is 11.8 Å². The van der Waals surface area contributed by atoms with Crippen LogP contribution in [0.1, 0.15) is 17.3 Å². The zero-order valence-electron chi connectivity index (χ0n) is 7.78. The molecule has 0 amide bonds. The van der Waals surface area contributed by atoms with Crippen LogP contribution in [-0.2, 0) is 4.74 Å². The molecule has 1 rings (SSSR count). The van der Waals surface area contributed by atoms with Crippen LogP contribution in [0.15, 0.2) is 11.4 Å². The number of ether oxygens (including phenoxy) is 1. The molecule has 0 radical (unpaired) electrons. The van der Waals surface area contributed by atoms with Crippen molar-refractivity contribution in [3.8, 4) is 0 Å². The number of carbonyl (C=O) groups is 1. The summed E-state index contributed by atoms with van der Waals surface area (Å²) in [7, 11) is 0. The van der Waals surface area contributed by atoms with Gasteiger partial charge in [-0.05, 0) is 13.2 Å². The summed E-state index contributed by atoms with van der Waals surface area (Å²) < 4.78 is 17.8. The highest BCUT2D eigenvalue weighted by atomic mass is 32.2. The lowest BCUT2D eigenvalue weighted by Crippen LogP contribution is -2.09. The average Bonchev–Trinajstić information content (AvgIpc) is 2.17. The van der Waals surface area contributed by atoms with Gasteiger partial charge in [-0.15, -0.1) is 0 Å². The Labute approximate surface area is 84.9 Å². The molecule has 0 bridgehead atoms. The SMILES string of the molecule is CCOC(=O)c1cnc(SC)nc1F. The van der Waals surface area contributed by atoms with E-state index in [4.69, 9.17) is 0 Å². The second-order valence-corrected chi connectivity index (χ2v) is 3.06. The molecular weight excluding hydrogens is 207 g/mol. The minimum Gasteiger partial charge on any atom is -0.462 e. The van der Waals surface area contributed by atoms with Crippen LogP contribution < -0.4 is 0 Å². The van der Waals surface area contributed by atoms with Gasteiger partial charge in [-0.25, -0.2) is 9.78 Å². The number of carbonyl (C=O) groups excluding carboxylic acids is 1. The van der Waals surface area contributed by atoms with Crippen molar-refractivity contribution in [1.29, 1.82) is 0 Å². The average molecular weight is 216 g/mol. The third-order valence-corrected chi connectivity index (χ3v) is 1.96. The molecule has 0 saturated heterocycles. The molecule has 0 saturated carbocycles. The summed E-state index contributed by atoms with van der Waals surface area (Å²) in [4.78, 5) is 18.4. The van der Waals surface area contributed by atoms with Gasteiger partial charge in [-0.2, -0.15) is 9.37 Å². The van der Waals surface area contributed by atoms with E-state index >= 15 is 0 Å². The second-order valence-electron chi connectivity index (χ2n) is 2.28. The summed E-state index contributed by atoms with van der Waals surface area (Å²) in [6.45, 7) is 1.84. The van der Waals surface area contributed by atoms with Gasteiger partial charge in [0.1, 0.15) is 5.56 Å². The van der Waals surface area contributed by atoms with Crippen LogP contribution >= 0.6 is 11.8 Å². The van der Waals surface area contributed by atoms with Crippen LogP contribution in [-0.4, -0.2) is 28.8 Å². The number of nitrogens with zero attached hydrogens (tertiary/aromatic N) is 2. The molecular formula is C8H9FN2O2S. The first kappa shape index (κ1) is 10.9. The summed E-state index contributed by atoms with van der Waals surface area (Å²) in [5.74, 6) is -1.58. The minimum absolute atomic E-state index is 0.197. The normalized spacial score (nSPS) is 9.93. The molecule has 0 aromatic carbocycles. The molecule has 14 heavy (non-hydrogen) atoms. The van der Waals surface area contributed by atoms with Gasteiger partial charge in [0.25, 0.3) is 0 Å². The van der Waals surface area contributed by atoms with E-state index < -0.39 is 11.9 Å². The molecule has 0 unspecified atom stereocenters. The predicted octanol–water partition coefficient (Wildman–Crippen LogP) is 1.51. The Morgan fingerprint density at radius 3 is 2.93 bits per heavy atom. The summed E-state index contributed by atoms with van der Waals surface area (Å²) in [6.07, 6.45) is 2.85. The Hall–Kier alpha value is -1.17. The molecule has 0 fully saturated rings. The molecule has 1 aromatic rings. The number of hydrogen-bond donors (Lipinski definition) is 0. The fourth-order valence-corrected chi connectivity index (χ4v) is 1.12. The fraction of sp³-hybridized carbons (Fsp3) is 0.375. The number of esters is 1. The quantitative estimate of drug-likeness (QED) is 0.332.